The summed E-state index contributed by atoms with van der Waals surface area (Å²) in [5.74, 6) is -4.38. The summed E-state index contributed by atoms with van der Waals surface area (Å²) in [6.45, 7) is -1.72. The molecular weight excluding hydrogens is 186 g/mol. The molecular formula is C7H10F2O4. The lowest BCUT2D eigenvalue weighted by molar-refractivity contribution is -0.213. The molecule has 1 aliphatic heterocycles. The zero-order chi connectivity index (χ0) is 10.1. The average molecular weight is 196 g/mol. The van der Waals surface area contributed by atoms with Gasteiger partial charge in [0.2, 0.25) is 0 Å². The minimum absolute atomic E-state index is 0.369. The van der Waals surface area contributed by atoms with E-state index in [0.29, 0.717) is 0 Å². The third kappa shape index (κ3) is 1.94. The second-order valence-corrected chi connectivity index (χ2v) is 3.10. The summed E-state index contributed by atoms with van der Waals surface area (Å²) in [6.07, 6.45) is -0.939. The van der Waals surface area contributed by atoms with Gasteiger partial charge in [-0.15, -0.1) is 0 Å². The molecule has 0 aromatic carbocycles. The quantitative estimate of drug-likeness (QED) is 0.664. The van der Waals surface area contributed by atoms with E-state index in [4.69, 9.17) is 10.2 Å². The Morgan fingerprint density at radius 3 is 2.38 bits per heavy atom. The zero-order valence-corrected chi connectivity index (χ0v) is 6.80. The van der Waals surface area contributed by atoms with Gasteiger partial charge < -0.3 is 14.9 Å². The van der Waals surface area contributed by atoms with Crippen LogP contribution in [0.3, 0.4) is 0 Å². The predicted molar refractivity (Wildman–Crippen MR) is 37.6 cm³/mol. The molecule has 6 heteroatoms. The van der Waals surface area contributed by atoms with Crippen molar-refractivity contribution in [2.24, 2.45) is 0 Å². The highest BCUT2D eigenvalue weighted by molar-refractivity contribution is 5.77. The highest BCUT2D eigenvalue weighted by Crippen LogP contribution is 2.34. The molecule has 1 saturated heterocycles. The van der Waals surface area contributed by atoms with E-state index < -0.39 is 37.1 Å². The molecule has 76 valence electrons. The minimum atomic E-state index is -2.98. The minimum Gasteiger partial charge on any atom is -0.479 e. The van der Waals surface area contributed by atoms with Crippen LogP contribution in [0.2, 0.25) is 0 Å². The summed E-state index contributed by atoms with van der Waals surface area (Å²) in [7, 11) is 0. The van der Waals surface area contributed by atoms with Crippen molar-refractivity contribution in [2.45, 2.75) is 24.4 Å². The fourth-order valence-electron chi connectivity index (χ4n) is 1.13. The van der Waals surface area contributed by atoms with Crippen molar-refractivity contribution in [1.29, 1.82) is 0 Å². The highest BCUT2D eigenvalue weighted by Gasteiger charge is 2.49. The lowest BCUT2D eigenvalue weighted by Crippen LogP contribution is -2.52. The van der Waals surface area contributed by atoms with Gasteiger partial charge in [0.25, 0.3) is 5.92 Å². The number of hydrogen-bond acceptors (Lipinski definition) is 3. The molecule has 1 unspecified atom stereocenters. The number of carboxylic acids is 1. The van der Waals surface area contributed by atoms with E-state index in [-0.39, 0.29) is 6.42 Å². The Hall–Kier alpha value is -0.750. The van der Waals surface area contributed by atoms with Gasteiger partial charge >= 0.3 is 5.97 Å². The molecule has 0 aliphatic carbocycles. The molecule has 0 radical (unpaired) electrons. The summed E-state index contributed by atoms with van der Waals surface area (Å²) in [5.41, 5.74) is -1.83. The van der Waals surface area contributed by atoms with Crippen LogP contribution in [-0.2, 0) is 9.53 Å². The third-order valence-corrected chi connectivity index (χ3v) is 2.10. The number of carbonyl (C=O) groups is 1. The SMILES string of the molecule is O=C(O)C1(CO)CCC(F)(F)CO1. The number of aliphatic hydroxyl groups excluding tert-OH is 1. The molecule has 0 aromatic heterocycles. The summed E-state index contributed by atoms with van der Waals surface area (Å²) in [4.78, 5) is 10.6. The Morgan fingerprint density at radius 1 is 1.46 bits per heavy atom. The van der Waals surface area contributed by atoms with Crippen molar-refractivity contribution in [2.75, 3.05) is 13.2 Å². The van der Waals surface area contributed by atoms with Crippen molar-refractivity contribution in [3.8, 4) is 0 Å². The molecule has 0 aromatic rings. The van der Waals surface area contributed by atoms with Crippen LogP contribution in [0, 0.1) is 0 Å². The number of aliphatic hydroxyl groups is 1. The van der Waals surface area contributed by atoms with E-state index in [2.05, 4.69) is 4.74 Å². The van der Waals surface area contributed by atoms with E-state index >= 15 is 0 Å². The maximum atomic E-state index is 12.5. The zero-order valence-electron chi connectivity index (χ0n) is 6.80. The van der Waals surface area contributed by atoms with Crippen LogP contribution in [0.15, 0.2) is 0 Å². The Labute approximate surface area is 73.1 Å². The second kappa shape index (κ2) is 3.19. The van der Waals surface area contributed by atoms with E-state index in [9.17, 15) is 13.6 Å². The fraction of sp³-hybridized carbons (Fsp3) is 0.857. The fourth-order valence-corrected chi connectivity index (χ4v) is 1.13. The molecule has 0 bridgehead atoms. The first-order chi connectivity index (χ1) is 5.92. The first-order valence-corrected chi connectivity index (χ1v) is 3.78. The lowest BCUT2D eigenvalue weighted by atomic mass is 9.93. The van der Waals surface area contributed by atoms with Crippen molar-refractivity contribution in [1.82, 2.24) is 0 Å². The van der Waals surface area contributed by atoms with Crippen LogP contribution in [0.4, 0.5) is 8.78 Å². The van der Waals surface area contributed by atoms with Crippen LogP contribution in [-0.4, -0.2) is 40.9 Å². The molecule has 13 heavy (non-hydrogen) atoms. The smallest absolute Gasteiger partial charge is 0.338 e. The standard InChI is InChI=1S/C7H10F2O4/c8-7(9)2-1-6(3-10,5(11)12)13-4-7/h10H,1-4H2,(H,11,12). The van der Waals surface area contributed by atoms with Gasteiger partial charge in [0.15, 0.2) is 5.60 Å². The molecule has 1 rings (SSSR count). The third-order valence-electron chi connectivity index (χ3n) is 2.10. The summed E-state index contributed by atoms with van der Waals surface area (Å²) in [6, 6.07) is 0. The van der Waals surface area contributed by atoms with Crippen molar-refractivity contribution >= 4 is 5.97 Å². The van der Waals surface area contributed by atoms with Crippen molar-refractivity contribution in [3.63, 3.8) is 0 Å². The van der Waals surface area contributed by atoms with Gasteiger partial charge in [-0.25, -0.2) is 13.6 Å². The number of halogens is 2. The average Bonchev–Trinajstić information content (AvgIpc) is 2.05. The van der Waals surface area contributed by atoms with Crippen LogP contribution in [0.1, 0.15) is 12.8 Å². The molecule has 0 amide bonds. The maximum absolute atomic E-state index is 12.5. The Balaban J connectivity index is 2.69. The van der Waals surface area contributed by atoms with E-state index in [0.717, 1.165) is 0 Å². The lowest BCUT2D eigenvalue weighted by Gasteiger charge is -2.35. The number of ether oxygens (including phenoxy) is 1. The van der Waals surface area contributed by atoms with Gasteiger partial charge in [-0.05, 0) is 6.42 Å². The van der Waals surface area contributed by atoms with Crippen LogP contribution in [0.25, 0.3) is 0 Å². The van der Waals surface area contributed by atoms with Gasteiger partial charge in [-0.2, -0.15) is 0 Å². The van der Waals surface area contributed by atoms with Gasteiger partial charge in [0.05, 0.1) is 6.61 Å². The van der Waals surface area contributed by atoms with Gasteiger partial charge in [-0.3, -0.25) is 0 Å². The number of rotatable bonds is 2. The summed E-state index contributed by atoms with van der Waals surface area (Å²) >= 11 is 0. The molecule has 1 heterocycles. The molecule has 0 spiro atoms. The predicted octanol–water partition coefficient (Wildman–Crippen LogP) is 0.248. The summed E-state index contributed by atoms with van der Waals surface area (Å²) < 4.78 is 29.6. The van der Waals surface area contributed by atoms with Crippen LogP contribution in [0.5, 0.6) is 0 Å². The Bertz CT molecular complexity index is 207. The monoisotopic (exact) mass is 196 g/mol. The number of aliphatic carboxylic acids is 1. The number of hydrogen-bond donors (Lipinski definition) is 2. The Kier molecular flexibility index (Phi) is 2.53. The Morgan fingerprint density at radius 2 is 2.08 bits per heavy atom. The maximum Gasteiger partial charge on any atom is 0.338 e. The molecule has 1 aliphatic rings. The van der Waals surface area contributed by atoms with E-state index in [1.54, 1.807) is 0 Å². The van der Waals surface area contributed by atoms with E-state index in [1.807, 2.05) is 0 Å². The van der Waals surface area contributed by atoms with Crippen LogP contribution >= 0.6 is 0 Å². The molecule has 0 saturated carbocycles. The van der Waals surface area contributed by atoms with Crippen LogP contribution < -0.4 is 0 Å². The van der Waals surface area contributed by atoms with Gasteiger partial charge in [-0.1, -0.05) is 0 Å². The normalized spacial score (nSPS) is 32.8. The molecule has 2 N–H and O–H groups in total. The van der Waals surface area contributed by atoms with Crippen molar-refractivity contribution < 1.29 is 28.5 Å². The molecule has 1 fully saturated rings. The molecule has 4 nitrogen and oxygen atoms in total. The largest absolute Gasteiger partial charge is 0.479 e. The second-order valence-electron chi connectivity index (χ2n) is 3.10. The van der Waals surface area contributed by atoms with E-state index in [1.165, 1.54) is 0 Å². The van der Waals surface area contributed by atoms with Crippen molar-refractivity contribution in [3.05, 3.63) is 0 Å². The summed E-state index contributed by atoms with van der Waals surface area (Å²) in [5, 5.41) is 17.4. The van der Waals surface area contributed by atoms with Gasteiger partial charge in [0.1, 0.15) is 6.61 Å². The first-order valence-electron chi connectivity index (χ1n) is 3.78. The highest BCUT2D eigenvalue weighted by atomic mass is 19.3. The number of carboxylic acid groups (broad SMARTS) is 1. The number of alkyl halides is 2. The molecule has 1 atom stereocenters. The van der Waals surface area contributed by atoms with Gasteiger partial charge in [0, 0.05) is 6.42 Å². The first kappa shape index (κ1) is 10.3. The topological polar surface area (TPSA) is 66.8 Å².